The summed E-state index contributed by atoms with van der Waals surface area (Å²) in [5, 5.41) is 8.90. The summed E-state index contributed by atoms with van der Waals surface area (Å²) in [6.07, 6.45) is 2.15. The van der Waals surface area contributed by atoms with Crippen molar-refractivity contribution in [2.75, 3.05) is 12.9 Å². The molecular weight excluding hydrogens is 294 g/mol. The summed E-state index contributed by atoms with van der Waals surface area (Å²) in [4.78, 5) is 12.9. The zero-order valence-corrected chi connectivity index (χ0v) is 12.8. The van der Waals surface area contributed by atoms with Crippen LogP contribution in [-0.4, -0.2) is 18.8 Å². The third-order valence-electron chi connectivity index (χ3n) is 3.54. The molecule has 0 saturated heterocycles. The van der Waals surface area contributed by atoms with E-state index in [-0.39, 0.29) is 5.97 Å². The zero-order chi connectivity index (χ0) is 15.5. The van der Waals surface area contributed by atoms with Crippen molar-refractivity contribution in [1.29, 1.82) is 5.26 Å². The van der Waals surface area contributed by atoms with Crippen LogP contribution in [0.4, 0.5) is 0 Å². The molecule has 0 fully saturated rings. The third-order valence-corrected chi connectivity index (χ3v) is 4.54. The molecule has 108 valence electrons. The van der Waals surface area contributed by atoms with Crippen molar-refractivity contribution in [3.05, 3.63) is 70.8 Å². The van der Waals surface area contributed by atoms with E-state index in [1.807, 2.05) is 36.4 Å². The molecule has 22 heavy (non-hydrogen) atoms. The van der Waals surface area contributed by atoms with Gasteiger partial charge in [-0.3, -0.25) is 0 Å². The van der Waals surface area contributed by atoms with E-state index in [4.69, 9.17) is 10.00 Å². The summed E-state index contributed by atoms with van der Waals surface area (Å²) in [6, 6.07) is 15.2. The quantitative estimate of drug-likeness (QED) is 0.790. The molecule has 0 bridgehead atoms. The lowest BCUT2D eigenvalue weighted by molar-refractivity contribution is 0.0600. The summed E-state index contributed by atoms with van der Waals surface area (Å²) in [6.45, 7) is 0. The number of benzene rings is 2. The molecule has 0 atom stereocenters. The first-order chi connectivity index (χ1) is 10.7. The minimum Gasteiger partial charge on any atom is -0.465 e. The molecule has 3 rings (SSSR count). The Morgan fingerprint density at radius 3 is 2.68 bits per heavy atom. The fraction of sp³-hybridized carbons (Fsp3) is 0.111. The Bertz CT molecular complexity index is 801. The Morgan fingerprint density at radius 1 is 1.23 bits per heavy atom. The molecule has 0 N–H and O–H groups in total. The van der Waals surface area contributed by atoms with E-state index in [9.17, 15) is 4.79 Å². The SMILES string of the molecule is COC(=O)c1ccc2c(c1)C(c1ccc(C#N)cc1)=CCS2. The van der Waals surface area contributed by atoms with Gasteiger partial charge in [-0.1, -0.05) is 18.2 Å². The van der Waals surface area contributed by atoms with E-state index in [1.54, 1.807) is 17.8 Å². The summed E-state index contributed by atoms with van der Waals surface area (Å²) in [5.41, 5.74) is 4.34. The molecule has 0 unspecified atom stereocenters. The van der Waals surface area contributed by atoms with E-state index in [2.05, 4.69) is 12.1 Å². The maximum absolute atomic E-state index is 11.7. The number of nitriles is 1. The maximum Gasteiger partial charge on any atom is 0.337 e. The Labute approximate surface area is 133 Å². The van der Waals surface area contributed by atoms with E-state index < -0.39 is 0 Å². The highest BCUT2D eigenvalue weighted by Crippen LogP contribution is 2.37. The van der Waals surface area contributed by atoms with Crippen LogP contribution in [0.1, 0.15) is 27.0 Å². The third kappa shape index (κ3) is 2.63. The van der Waals surface area contributed by atoms with E-state index in [0.717, 1.165) is 27.3 Å². The molecule has 0 aromatic heterocycles. The van der Waals surface area contributed by atoms with Gasteiger partial charge in [0.05, 0.1) is 24.3 Å². The van der Waals surface area contributed by atoms with Crippen molar-refractivity contribution < 1.29 is 9.53 Å². The van der Waals surface area contributed by atoms with Gasteiger partial charge in [0.2, 0.25) is 0 Å². The number of ether oxygens (including phenoxy) is 1. The molecule has 0 saturated carbocycles. The normalized spacial score (nSPS) is 12.8. The van der Waals surface area contributed by atoms with Crippen LogP contribution in [0.2, 0.25) is 0 Å². The summed E-state index contributed by atoms with van der Waals surface area (Å²) >= 11 is 1.74. The average Bonchev–Trinajstić information content (AvgIpc) is 2.60. The first-order valence-corrected chi connectivity index (χ1v) is 7.77. The van der Waals surface area contributed by atoms with E-state index >= 15 is 0 Å². The number of hydrogen-bond donors (Lipinski definition) is 0. The number of methoxy groups -OCH3 is 1. The minimum absolute atomic E-state index is 0.336. The van der Waals surface area contributed by atoms with Crippen LogP contribution in [0.5, 0.6) is 0 Å². The molecule has 2 aromatic carbocycles. The lowest BCUT2D eigenvalue weighted by Crippen LogP contribution is -2.04. The zero-order valence-electron chi connectivity index (χ0n) is 12.0. The molecule has 2 aromatic rings. The highest BCUT2D eigenvalue weighted by molar-refractivity contribution is 7.99. The number of nitrogens with zero attached hydrogens (tertiary/aromatic N) is 1. The largest absolute Gasteiger partial charge is 0.465 e. The summed E-state index contributed by atoms with van der Waals surface area (Å²) in [7, 11) is 1.38. The number of rotatable bonds is 2. The summed E-state index contributed by atoms with van der Waals surface area (Å²) < 4.78 is 4.80. The van der Waals surface area contributed by atoms with Crippen molar-refractivity contribution in [3.8, 4) is 6.07 Å². The second kappa shape index (κ2) is 6.08. The van der Waals surface area contributed by atoms with Crippen molar-refractivity contribution in [3.63, 3.8) is 0 Å². The highest BCUT2D eigenvalue weighted by atomic mass is 32.2. The molecule has 4 heteroatoms. The van der Waals surface area contributed by atoms with Gasteiger partial charge in [0, 0.05) is 10.6 Å². The number of thioether (sulfide) groups is 1. The molecule has 0 amide bonds. The van der Waals surface area contributed by atoms with Gasteiger partial charge in [-0.05, 0) is 47.0 Å². The Kier molecular flexibility index (Phi) is 3.99. The van der Waals surface area contributed by atoms with Gasteiger partial charge in [0.25, 0.3) is 0 Å². The van der Waals surface area contributed by atoms with Crippen molar-refractivity contribution in [1.82, 2.24) is 0 Å². The van der Waals surface area contributed by atoms with Gasteiger partial charge in [-0.25, -0.2) is 4.79 Å². The van der Waals surface area contributed by atoms with Crippen molar-refractivity contribution in [2.45, 2.75) is 4.90 Å². The maximum atomic E-state index is 11.7. The van der Waals surface area contributed by atoms with Crippen LogP contribution < -0.4 is 0 Å². The highest BCUT2D eigenvalue weighted by Gasteiger charge is 2.17. The lowest BCUT2D eigenvalue weighted by Gasteiger charge is -2.18. The molecule has 3 nitrogen and oxygen atoms in total. The molecule has 1 aliphatic rings. The van der Waals surface area contributed by atoms with Gasteiger partial charge < -0.3 is 4.74 Å². The smallest absolute Gasteiger partial charge is 0.337 e. The van der Waals surface area contributed by atoms with Crippen LogP contribution in [0.3, 0.4) is 0 Å². The Hall–Kier alpha value is -2.51. The summed E-state index contributed by atoms with van der Waals surface area (Å²) in [5.74, 6) is 0.553. The fourth-order valence-corrected chi connectivity index (χ4v) is 3.35. The van der Waals surface area contributed by atoms with Crippen LogP contribution in [0, 0.1) is 11.3 Å². The molecule has 1 aliphatic heterocycles. The minimum atomic E-state index is -0.336. The predicted octanol–water partition coefficient (Wildman–Crippen LogP) is 3.88. The fourth-order valence-electron chi connectivity index (χ4n) is 2.43. The average molecular weight is 307 g/mol. The van der Waals surface area contributed by atoms with E-state index in [1.165, 1.54) is 7.11 Å². The van der Waals surface area contributed by atoms with Crippen LogP contribution in [0.15, 0.2) is 53.4 Å². The van der Waals surface area contributed by atoms with Gasteiger partial charge >= 0.3 is 5.97 Å². The molecule has 1 heterocycles. The first-order valence-electron chi connectivity index (χ1n) is 6.79. The molecule has 0 radical (unpaired) electrons. The number of carbonyl (C=O) groups excluding carboxylic acids is 1. The lowest BCUT2D eigenvalue weighted by atomic mass is 9.95. The van der Waals surface area contributed by atoms with Crippen LogP contribution in [0.25, 0.3) is 5.57 Å². The van der Waals surface area contributed by atoms with Gasteiger partial charge in [0.1, 0.15) is 0 Å². The van der Waals surface area contributed by atoms with Crippen molar-refractivity contribution in [2.24, 2.45) is 0 Å². The van der Waals surface area contributed by atoms with Gasteiger partial charge in [0.15, 0.2) is 0 Å². The Balaban J connectivity index is 2.06. The van der Waals surface area contributed by atoms with Gasteiger partial charge in [-0.15, -0.1) is 11.8 Å². The number of fused-ring (bicyclic) bond motifs is 1. The number of hydrogen-bond acceptors (Lipinski definition) is 4. The molecule has 0 spiro atoms. The second-order valence-corrected chi connectivity index (χ2v) is 5.88. The molecular formula is C18H13NO2S. The van der Waals surface area contributed by atoms with Gasteiger partial charge in [-0.2, -0.15) is 5.26 Å². The monoisotopic (exact) mass is 307 g/mol. The topological polar surface area (TPSA) is 50.1 Å². The van der Waals surface area contributed by atoms with E-state index in [0.29, 0.717) is 11.1 Å². The van der Waals surface area contributed by atoms with Crippen molar-refractivity contribution >= 4 is 23.3 Å². The standard InChI is InChI=1S/C18H13NO2S/c1-21-18(20)14-6-7-17-16(10-14)15(8-9-22-17)13-4-2-12(11-19)3-5-13/h2-8,10H,9H2,1H3. The second-order valence-electron chi connectivity index (χ2n) is 4.82. The van der Waals surface area contributed by atoms with Crippen LogP contribution in [-0.2, 0) is 4.74 Å². The van der Waals surface area contributed by atoms with Crippen LogP contribution >= 0.6 is 11.8 Å². The molecule has 0 aliphatic carbocycles. The number of esters is 1. The Morgan fingerprint density at radius 2 is 2.00 bits per heavy atom. The predicted molar refractivity (Wildman–Crippen MR) is 86.7 cm³/mol. The number of carbonyl (C=O) groups is 1. The first kappa shape index (κ1) is 14.4.